The number of hydrogen-bond acceptors (Lipinski definition) is 4. The monoisotopic (exact) mass is 264 g/mol. The molecule has 0 bridgehead atoms. The van der Waals surface area contributed by atoms with Gasteiger partial charge in [-0.1, -0.05) is 11.3 Å². The summed E-state index contributed by atoms with van der Waals surface area (Å²) < 4.78 is 14.8. The number of anilines is 1. The van der Waals surface area contributed by atoms with Gasteiger partial charge in [-0.05, 0) is 12.1 Å². The Morgan fingerprint density at radius 1 is 1.42 bits per heavy atom. The van der Waals surface area contributed by atoms with E-state index in [1.807, 2.05) is 0 Å². The third-order valence-corrected chi connectivity index (χ3v) is 2.29. The molecule has 1 amide bonds. The third kappa shape index (κ3) is 2.92. The summed E-state index contributed by atoms with van der Waals surface area (Å²) in [6.07, 6.45) is 2.85. The number of aromatic carboxylic acids is 1. The zero-order valence-electron chi connectivity index (χ0n) is 9.58. The van der Waals surface area contributed by atoms with Crippen LogP contribution in [-0.2, 0) is 11.3 Å². The van der Waals surface area contributed by atoms with Crippen molar-refractivity contribution in [2.45, 2.75) is 6.54 Å². The van der Waals surface area contributed by atoms with Crippen molar-refractivity contribution >= 4 is 17.6 Å². The molecule has 19 heavy (non-hydrogen) atoms. The minimum Gasteiger partial charge on any atom is -0.478 e. The molecule has 0 saturated heterocycles. The molecule has 0 aliphatic heterocycles. The van der Waals surface area contributed by atoms with Gasteiger partial charge < -0.3 is 10.4 Å². The van der Waals surface area contributed by atoms with Crippen molar-refractivity contribution in [3.8, 4) is 0 Å². The molecule has 98 valence electrons. The average Bonchev–Trinajstić information content (AvgIpc) is 2.84. The summed E-state index contributed by atoms with van der Waals surface area (Å²) in [7, 11) is 0. The lowest BCUT2D eigenvalue weighted by Gasteiger charge is -2.09. The maximum atomic E-state index is 13.5. The Bertz CT molecular complexity index is 612. The highest BCUT2D eigenvalue weighted by molar-refractivity contribution is 6.00. The molecule has 0 unspecified atom stereocenters. The Balaban J connectivity index is 2.19. The van der Waals surface area contributed by atoms with Crippen LogP contribution in [-0.4, -0.2) is 32.0 Å². The van der Waals surface area contributed by atoms with Gasteiger partial charge >= 0.3 is 5.97 Å². The van der Waals surface area contributed by atoms with Gasteiger partial charge in [-0.15, -0.1) is 5.10 Å². The molecule has 2 rings (SSSR count). The molecule has 0 aliphatic carbocycles. The molecule has 1 aromatic heterocycles. The molecule has 2 aromatic rings. The van der Waals surface area contributed by atoms with Gasteiger partial charge in [-0.3, -0.25) is 4.79 Å². The lowest BCUT2D eigenvalue weighted by molar-refractivity contribution is -0.116. The zero-order chi connectivity index (χ0) is 13.8. The minimum atomic E-state index is -1.32. The number of rotatable bonds is 4. The normalized spacial score (nSPS) is 10.2. The van der Waals surface area contributed by atoms with Crippen molar-refractivity contribution in [3.63, 3.8) is 0 Å². The molecule has 1 aromatic carbocycles. The van der Waals surface area contributed by atoms with Crippen LogP contribution in [0.2, 0.25) is 0 Å². The summed E-state index contributed by atoms with van der Waals surface area (Å²) in [5.74, 6) is -2.74. The van der Waals surface area contributed by atoms with Crippen LogP contribution in [0.5, 0.6) is 0 Å². The average molecular weight is 264 g/mol. The van der Waals surface area contributed by atoms with Crippen molar-refractivity contribution in [1.82, 2.24) is 15.0 Å². The first-order valence-corrected chi connectivity index (χ1v) is 5.23. The van der Waals surface area contributed by atoms with Gasteiger partial charge in [0.15, 0.2) is 0 Å². The van der Waals surface area contributed by atoms with Crippen LogP contribution in [0, 0.1) is 5.82 Å². The molecule has 0 radical (unpaired) electrons. The number of benzene rings is 1. The summed E-state index contributed by atoms with van der Waals surface area (Å²) in [6, 6.07) is 3.53. The van der Waals surface area contributed by atoms with Crippen LogP contribution in [0.25, 0.3) is 0 Å². The molecule has 7 nitrogen and oxygen atoms in total. The lowest BCUT2D eigenvalue weighted by atomic mass is 10.1. The van der Waals surface area contributed by atoms with E-state index in [0.717, 1.165) is 6.07 Å². The molecule has 0 fully saturated rings. The van der Waals surface area contributed by atoms with E-state index in [1.54, 1.807) is 0 Å². The van der Waals surface area contributed by atoms with Crippen LogP contribution in [0.3, 0.4) is 0 Å². The van der Waals surface area contributed by atoms with Crippen molar-refractivity contribution in [2.75, 3.05) is 5.32 Å². The number of para-hydroxylation sites is 1. The number of halogens is 1. The maximum Gasteiger partial charge on any atom is 0.337 e. The van der Waals surface area contributed by atoms with E-state index in [-0.39, 0.29) is 17.8 Å². The SMILES string of the molecule is O=C(Cn1ccnn1)Nc1c(F)cccc1C(=O)O. The number of carbonyl (C=O) groups is 2. The topological polar surface area (TPSA) is 97.1 Å². The number of nitrogens with one attached hydrogen (secondary N) is 1. The summed E-state index contributed by atoms with van der Waals surface area (Å²) in [6.45, 7) is -0.187. The lowest BCUT2D eigenvalue weighted by Crippen LogP contribution is -2.21. The van der Waals surface area contributed by atoms with Gasteiger partial charge in [-0.2, -0.15) is 0 Å². The highest BCUT2D eigenvalue weighted by Crippen LogP contribution is 2.19. The Morgan fingerprint density at radius 3 is 2.84 bits per heavy atom. The van der Waals surface area contributed by atoms with Crippen LogP contribution in [0.4, 0.5) is 10.1 Å². The van der Waals surface area contributed by atoms with E-state index in [4.69, 9.17) is 5.11 Å². The fourth-order valence-corrected chi connectivity index (χ4v) is 1.47. The highest BCUT2D eigenvalue weighted by atomic mass is 19.1. The Labute approximate surface area is 106 Å². The molecule has 0 aliphatic rings. The highest BCUT2D eigenvalue weighted by Gasteiger charge is 2.16. The minimum absolute atomic E-state index is 0.187. The Kier molecular flexibility index (Phi) is 3.51. The van der Waals surface area contributed by atoms with Crippen molar-refractivity contribution in [2.24, 2.45) is 0 Å². The van der Waals surface area contributed by atoms with Gasteiger partial charge in [0.05, 0.1) is 17.4 Å². The predicted molar refractivity (Wildman–Crippen MR) is 62.0 cm³/mol. The van der Waals surface area contributed by atoms with E-state index < -0.39 is 17.7 Å². The van der Waals surface area contributed by atoms with Crippen molar-refractivity contribution in [3.05, 3.63) is 42.0 Å². The quantitative estimate of drug-likeness (QED) is 0.849. The van der Waals surface area contributed by atoms with Gasteiger partial charge in [0.25, 0.3) is 0 Å². The first-order chi connectivity index (χ1) is 9.08. The number of carbonyl (C=O) groups excluding carboxylic acids is 1. The second-order valence-electron chi connectivity index (χ2n) is 3.62. The molecule has 0 spiro atoms. The summed E-state index contributed by atoms with van der Waals surface area (Å²) in [5, 5.41) is 18.2. The number of carboxylic acids is 1. The molecule has 0 saturated carbocycles. The standard InChI is InChI=1S/C11H9FN4O3/c12-8-3-1-2-7(11(18)19)10(8)14-9(17)6-16-5-4-13-15-16/h1-5H,6H2,(H,14,17)(H,18,19). The Morgan fingerprint density at radius 2 is 2.21 bits per heavy atom. The van der Waals surface area contributed by atoms with E-state index >= 15 is 0 Å². The van der Waals surface area contributed by atoms with Crippen LogP contribution in [0.15, 0.2) is 30.6 Å². The molecular formula is C11H9FN4O3. The van der Waals surface area contributed by atoms with Crippen molar-refractivity contribution < 1.29 is 19.1 Å². The number of nitrogens with zero attached hydrogens (tertiary/aromatic N) is 3. The molecule has 0 atom stereocenters. The van der Waals surface area contributed by atoms with Crippen LogP contribution in [0.1, 0.15) is 10.4 Å². The number of amides is 1. The van der Waals surface area contributed by atoms with Crippen molar-refractivity contribution in [1.29, 1.82) is 0 Å². The predicted octanol–water partition coefficient (Wildman–Crippen LogP) is 0.754. The smallest absolute Gasteiger partial charge is 0.337 e. The fourth-order valence-electron chi connectivity index (χ4n) is 1.47. The van der Waals surface area contributed by atoms with Crippen LogP contribution < -0.4 is 5.32 Å². The zero-order valence-corrected chi connectivity index (χ0v) is 9.58. The largest absolute Gasteiger partial charge is 0.478 e. The van der Waals surface area contributed by atoms with Gasteiger partial charge in [-0.25, -0.2) is 13.9 Å². The van der Waals surface area contributed by atoms with E-state index in [2.05, 4.69) is 15.6 Å². The molecule has 1 heterocycles. The van der Waals surface area contributed by atoms with E-state index in [9.17, 15) is 14.0 Å². The van der Waals surface area contributed by atoms with E-state index in [0.29, 0.717) is 0 Å². The Hall–Kier alpha value is -2.77. The second-order valence-corrected chi connectivity index (χ2v) is 3.62. The summed E-state index contributed by atoms with van der Waals surface area (Å²) >= 11 is 0. The number of hydrogen-bond donors (Lipinski definition) is 2. The molecular weight excluding hydrogens is 255 g/mol. The maximum absolute atomic E-state index is 13.5. The van der Waals surface area contributed by atoms with E-state index in [1.165, 1.54) is 29.2 Å². The molecule has 8 heteroatoms. The summed E-state index contributed by atoms with van der Waals surface area (Å²) in [5.41, 5.74) is -0.674. The van der Waals surface area contributed by atoms with Gasteiger partial charge in [0, 0.05) is 6.20 Å². The first-order valence-electron chi connectivity index (χ1n) is 5.23. The number of carboxylic acid groups (broad SMARTS) is 1. The number of aromatic nitrogens is 3. The van der Waals surface area contributed by atoms with Gasteiger partial charge in [0.1, 0.15) is 12.4 Å². The first kappa shape index (κ1) is 12.7. The summed E-state index contributed by atoms with van der Waals surface area (Å²) in [4.78, 5) is 22.6. The fraction of sp³-hybridized carbons (Fsp3) is 0.0909. The van der Waals surface area contributed by atoms with Gasteiger partial charge in [0.2, 0.25) is 5.91 Å². The molecule has 2 N–H and O–H groups in total. The third-order valence-electron chi connectivity index (χ3n) is 2.29. The second kappa shape index (κ2) is 5.25. The van der Waals surface area contributed by atoms with Crippen LogP contribution >= 0.6 is 0 Å².